The lowest BCUT2D eigenvalue weighted by Gasteiger charge is -2.73. The van der Waals surface area contributed by atoms with E-state index in [9.17, 15) is 51.1 Å². The molecule has 15 nitrogen and oxygen atoms in total. The number of ether oxygens (including phenoxy) is 5. The Bertz CT molecular complexity index is 1380. The largest absolute Gasteiger partial charge is 0.396 e. The second-order valence-corrected chi connectivity index (χ2v) is 20.4. The lowest BCUT2D eigenvalue weighted by molar-refractivity contribution is -0.346. The van der Waals surface area contributed by atoms with E-state index >= 15 is 0 Å². The minimum Gasteiger partial charge on any atom is -0.396 e. The predicted octanol–water partition coefficient (Wildman–Crippen LogP) is 0.192. The number of aliphatic hydroxyl groups excluding tert-OH is 10. The van der Waals surface area contributed by atoms with E-state index in [2.05, 4.69) is 20.8 Å². The van der Waals surface area contributed by atoms with Crippen LogP contribution in [0.25, 0.3) is 0 Å². The topological polar surface area (TPSA) is 248 Å². The Morgan fingerprint density at radius 1 is 0.632 bits per heavy atom. The summed E-state index contributed by atoms with van der Waals surface area (Å²) < 4.78 is 30.9. The van der Waals surface area contributed by atoms with Crippen LogP contribution in [-0.4, -0.2) is 164 Å². The Morgan fingerprint density at radius 3 is 1.86 bits per heavy atom. The third-order valence-corrected chi connectivity index (χ3v) is 17.8. The molecule has 4 saturated carbocycles. The van der Waals surface area contributed by atoms with Gasteiger partial charge in [-0.15, -0.1) is 0 Å². The summed E-state index contributed by atoms with van der Waals surface area (Å²) >= 11 is 0. The Hall–Kier alpha value is -0.600. The Labute approximate surface area is 336 Å². The van der Waals surface area contributed by atoms with Crippen LogP contribution in [0, 0.1) is 50.7 Å². The first-order valence-electron chi connectivity index (χ1n) is 21.6. The molecule has 3 saturated heterocycles. The van der Waals surface area contributed by atoms with E-state index in [1.165, 1.54) is 0 Å². The van der Waals surface area contributed by atoms with Crippen molar-refractivity contribution in [3.63, 3.8) is 0 Å². The zero-order chi connectivity index (χ0) is 41.5. The highest BCUT2D eigenvalue weighted by Crippen LogP contribution is 2.75. The van der Waals surface area contributed by atoms with Crippen molar-refractivity contribution in [2.75, 3.05) is 33.0 Å². The van der Waals surface area contributed by atoms with Gasteiger partial charge in [-0.25, -0.2) is 0 Å². The average molecular weight is 817 g/mol. The van der Waals surface area contributed by atoms with Crippen LogP contribution in [0.3, 0.4) is 0 Å². The molecule has 0 amide bonds. The average Bonchev–Trinajstić information content (AvgIpc) is 3.20. The van der Waals surface area contributed by atoms with Crippen molar-refractivity contribution in [1.82, 2.24) is 0 Å². The Balaban J connectivity index is 1.16. The summed E-state index contributed by atoms with van der Waals surface area (Å²) in [4.78, 5) is 0. The van der Waals surface area contributed by atoms with Crippen LogP contribution >= 0.6 is 0 Å². The summed E-state index contributed by atoms with van der Waals surface area (Å²) in [5.74, 6) is 0.400. The Kier molecular flexibility index (Phi) is 12.7. The van der Waals surface area contributed by atoms with E-state index in [1.807, 2.05) is 13.8 Å². The van der Waals surface area contributed by atoms with Crippen LogP contribution in [0.1, 0.15) is 98.8 Å². The van der Waals surface area contributed by atoms with E-state index in [0.717, 1.165) is 57.8 Å². The first kappa shape index (κ1) is 44.5. The second kappa shape index (κ2) is 16.3. The SMILES string of the molecule is C[C@@H](CO)[C@@H]1CC[C@@]2(CC[C@]3(C)[C@H](CCC4[C@@]5(C)CC[C@H](O[C@@H]6O[C@H](CO)[C@@H](O)[C@H](O)[C@H]6O)[C@@](C)(CO[C@@H]6O[C@H](CO)[C@@H](O)[C@H](O)[C@H]6O)C5CC[C@]43C)[C@H]2O)CO1. The van der Waals surface area contributed by atoms with E-state index in [1.54, 1.807) is 0 Å². The van der Waals surface area contributed by atoms with Crippen LogP contribution in [0.4, 0.5) is 0 Å². The maximum Gasteiger partial charge on any atom is 0.186 e. The summed E-state index contributed by atoms with van der Waals surface area (Å²) in [7, 11) is 0. The zero-order valence-electron chi connectivity index (χ0n) is 34.4. The van der Waals surface area contributed by atoms with Crippen molar-refractivity contribution in [3.8, 4) is 0 Å². The van der Waals surface area contributed by atoms with Gasteiger partial charge in [-0.05, 0) is 98.2 Å². The Morgan fingerprint density at radius 2 is 1.26 bits per heavy atom. The molecule has 57 heavy (non-hydrogen) atoms. The molecule has 0 aromatic rings. The molecule has 330 valence electrons. The molecule has 3 heterocycles. The van der Waals surface area contributed by atoms with Gasteiger partial charge >= 0.3 is 0 Å². The molecule has 0 aromatic heterocycles. The molecular formula is C42H72O15. The molecule has 0 bridgehead atoms. The van der Waals surface area contributed by atoms with Gasteiger partial charge in [0, 0.05) is 23.4 Å². The van der Waals surface area contributed by atoms with Crippen LogP contribution in [0.5, 0.6) is 0 Å². The highest BCUT2D eigenvalue weighted by atomic mass is 16.7. The molecule has 10 N–H and O–H groups in total. The van der Waals surface area contributed by atoms with Crippen molar-refractivity contribution in [2.24, 2.45) is 50.7 Å². The van der Waals surface area contributed by atoms with Gasteiger partial charge in [0.05, 0.1) is 44.7 Å². The van der Waals surface area contributed by atoms with Gasteiger partial charge in [0.2, 0.25) is 0 Å². The quantitative estimate of drug-likeness (QED) is 0.140. The van der Waals surface area contributed by atoms with E-state index < -0.39 is 92.2 Å². The molecule has 7 aliphatic rings. The first-order valence-corrected chi connectivity index (χ1v) is 21.6. The van der Waals surface area contributed by atoms with Crippen LogP contribution in [0.2, 0.25) is 0 Å². The van der Waals surface area contributed by atoms with Crippen LogP contribution in [0.15, 0.2) is 0 Å². The number of hydrogen-bond acceptors (Lipinski definition) is 15. The number of rotatable bonds is 9. The summed E-state index contributed by atoms with van der Waals surface area (Å²) in [6, 6.07) is 0. The van der Waals surface area contributed by atoms with Crippen molar-refractivity contribution >= 4 is 0 Å². The first-order chi connectivity index (χ1) is 26.9. The normalized spacial score (nSPS) is 56.1. The minimum atomic E-state index is -1.62. The molecular weight excluding hydrogens is 744 g/mol. The van der Waals surface area contributed by atoms with Gasteiger partial charge in [-0.3, -0.25) is 0 Å². The highest BCUT2D eigenvalue weighted by molar-refractivity contribution is 5.19. The lowest BCUT2D eigenvalue weighted by Crippen LogP contribution is -2.69. The molecule has 3 aliphatic heterocycles. The molecule has 7 fully saturated rings. The van der Waals surface area contributed by atoms with E-state index in [-0.39, 0.29) is 64.6 Å². The minimum absolute atomic E-state index is 0.00317. The summed E-state index contributed by atoms with van der Waals surface area (Å²) in [6.45, 7) is 10.6. The molecule has 15 heteroatoms. The zero-order valence-corrected chi connectivity index (χ0v) is 34.4. The molecule has 0 aromatic carbocycles. The van der Waals surface area contributed by atoms with Gasteiger partial charge in [-0.1, -0.05) is 34.6 Å². The number of fused-ring (bicyclic) bond motifs is 5. The standard InChI is InChI=1S/C42H72O15/c1-21(16-43)23-8-13-42(20-53-23)15-14-40(4)22(35(42)52)6-7-27-38(2)11-10-28(57-37-34(51)32(49)30(47)25(18-45)56-37)39(3,26(38)9-12-41(27,40)5)19-54-36-33(50)31(48)29(46)24(17-44)55-36/h21-37,43-52H,6-20H2,1-5H3/t21-,22+,23-,24+,25+,26?,27?,28-,29+,30+,31-,32-,33+,34+,35+,36+,37-,38-,39-,40+,41+,42+/m0/s1. The van der Waals surface area contributed by atoms with Crippen molar-refractivity contribution in [3.05, 3.63) is 0 Å². The summed E-state index contributed by atoms with van der Waals surface area (Å²) in [5.41, 5.74) is -1.62. The fourth-order valence-electron chi connectivity index (χ4n) is 13.9. The van der Waals surface area contributed by atoms with Gasteiger partial charge in [0.1, 0.15) is 48.8 Å². The van der Waals surface area contributed by atoms with Gasteiger partial charge in [0.15, 0.2) is 12.6 Å². The predicted molar refractivity (Wildman–Crippen MR) is 202 cm³/mol. The maximum atomic E-state index is 12.4. The fourth-order valence-corrected chi connectivity index (χ4v) is 13.9. The van der Waals surface area contributed by atoms with Crippen molar-refractivity contribution < 1.29 is 74.7 Å². The maximum absolute atomic E-state index is 12.4. The molecule has 0 radical (unpaired) electrons. The third kappa shape index (κ3) is 6.98. The number of hydrogen-bond donors (Lipinski definition) is 10. The van der Waals surface area contributed by atoms with Crippen LogP contribution in [-0.2, 0) is 23.7 Å². The monoisotopic (exact) mass is 816 g/mol. The fraction of sp³-hybridized carbons (Fsp3) is 1.00. The van der Waals surface area contributed by atoms with Gasteiger partial charge < -0.3 is 74.7 Å². The molecule has 7 rings (SSSR count). The molecule has 1 spiro atoms. The van der Waals surface area contributed by atoms with Gasteiger partial charge in [-0.2, -0.15) is 0 Å². The van der Waals surface area contributed by atoms with Crippen molar-refractivity contribution in [2.45, 2.75) is 179 Å². The lowest BCUT2D eigenvalue weighted by atomic mass is 9.33. The van der Waals surface area contributed by atoms with Crippen LogP contribution < -0.4 is 0 Å². The second-order valence-electron chi connectivity index (χ2n) is 20.4. The molecule has 22 atom stereocenters. The van der Waals surface area contributed by atoms with Gasteiger partial charge in [0.25, 0.3) is 0 Å². The summed E-state index contributed by atoms with van der Waals surface area (Å²) in [6.07, 6.45) is -7.38. The van der Waals surface area contributed by atoms with Crippen molar-refractivity contribution in [1.29, 1.82) is 0 Å². The van der Waals surface area contributed by atoms with E-state index in [4.69, 9.17) is 23.7 Å². The van der Waals surface area contributed by atoms with E-state index in [0.29, 0.717) is 13.0 Å². The molecule has 2 unspecified atom stereocenters. The number of aliphatic hydroxyl groups is 10. The highest BCUT2D eigenvalue weighted by Gasteiger charge is 2.71. The smallest absolute Gasteiger partial charge is 0.186 e. The molecule has 4 aliphatic carbocycles. The third-order valence-electron chi connectivity index (χ3n) is 17.8. The summed E-state index contributed by atoms with van der Waals surface area (Å²) in [5, 5.41) is 106.